The molecule has 0 aliphatic heterocycles. The highest BCUT2D eigenvalue weighted by molar-refractivity contribution is 6.36. The van der Waals surface area contributed by atoms with Gasteiger partial charge in [-0.1, -0.05) is 35.3 Å². The quantitative estimate of drug-likeness (QED) is 0.688. The first-order valence-corrected chi connectivity index (χ1v) is 6.78. The van der Waals surface area contributed by atoms with Gasteiger partial charge < -0.3 is 4.74 Å². The fourth-order valence-electron chi connectivity index (χ4n) is 1.60. The Kier molecular flexibility index (Phi) is 5.20. The molecule has 0 radical (unpaired) electrons. The van der Waals surface area contributed by atoms with Crippen molar-refractivity contribution >= 4 is 35.3 Å². The molecule has 0 atom stereocenters. The summed E-state index contributed by atoms with van der Waals surface area (Å²) in [6, 6.07) is 11.8. The number of hydrogen-bond acceptors (Lipinski definition) is 3. The van der Waals surface area contributed by atoms with E-state index in [4.69, 9.17) is 27.9 Å². The zero-order valence-electron chi connectivity index (χ0n) is 11.1. The van der Waals surface area contributed by atoms with Crippen LogP contribution in [0.1, 0.15) is 15.9 Å². The van der Waals surface area contributed by atoms with Crippen molar-refractivity contribution < 1.29 is 9.53 Å². The van der Waals surface area contributed by atoms with Gasteiger partial charge in [0.15, 0.2) is 0 Å². The molecule has 108 valence electrons. The number of halogens is 2. The van der Waals surface area contributed by atoms with E-state index in [2.05, 4.69) is 10.5 Å². The molecule has 0 aromatic heterocycles. The summed E-state index contributed by atoms with van der Waals surface area (Å²) in [5, 5.41) is 4.87. The molecule has 0 bridgehead atoms. The number of carbonyl (C=O) groups excluding carboxylic acids is 1. The Morgan fingerprint density at radius 2 is 2.05 bits per heavy atom. The number of methoxy groups -OCH3 is 1. The first kappa shape index (κ1) is 15.4. The van der Waals surface area contributed by atoms with Crippen LogP contribution in [0.5, 0.6) is 5.75 Å². The molecule has 2 rings (SSSR count). The van der Waals surface area contributed by atoms with Crippen molar-refractivity contribution in [1.82, 2.24) is 5.43 Å². The molecule has 0 fully saturated rings. The minimum atomic E-state index is -0.338. The van der Waals surface area contributed by atoms with E-state index in [0.717, 1.165) is 0 Å². The largest absolute Gasteiger partial charge is 0.497 e. The van der Waals surface area contributed by atoms with Crippen molar-refractivity contribution in [2.24, 2.45) is 5.10 Å². The Morgan fingerprint density at radius 1 is 1.24 bits per heavy atom. The fraction of sp³-hybridized carbons (Fsp3) is 0.0667. The summed E-state index contributed by atoms with van der Waals surface area (Å²) < 4.78 is 5.06. The van der Waals surface area contributed by atoms with Gasteiger partial charge in [-0.15, -0.1) is 0 Å². The van der Waals surface area contributed by atoms with Crippen molar-refractivity contribution in [1.29, 1.82) is 0 Å². The predicted octanol–water partition coefficient (Wildman–Crippen LogP) is 3.77. The van der Waals surface area contributed by atoms with Crippen LogP contribution in [0.2, 0.25) is 10.0 Å². The zero-order chi connectivity index (χ0) is 15.2. The number of rotatable bonds is 4. The third-order valence-corrected chi connectivity index (χ3v) is 3.23. The third-order valence-electron chi connectivity index (χ3n) is 2.66. The summed E-state index contributed by atoms with van der Waals surface area (Å²) in [6.45, 7) is 0. The summed E-state index contributed by atoms with van der Waals surface area (Å²) in [7, 11) is 1.54. The fourth-order valence-corrected chi connectivity index (χ4v) is 2.05. The lowest BCUT2D eigenvalue weighted by Crippen LogP contribution is -2.17. The predicted molar refractivity (Wildman–Crippen MR) is 84.5 cm³/mol. The standard InChI is InChI=1S/C15H12Cl2N2O2/c1-21-13-4-2-3-10(7-13)15(20)19-18-9-11-5-6-12(16)8-14(11)17/h2-9H,1H3,(H,19,20)/b18-9+. The smallest absolute Gasteiger partial charge is 0.271 e. The Morgan fingerprint density at radius 3 is 2.76 bits per heavy atom. The molecule has 21 heavy (non-hydrogen) atoms. The normalized spacial score (nSPS) is 10.6. The van der Waals surface area contributed by atoms with Crippen LogP contribution < -0.4 is 10.2 Å². The van der Waals surface area contributed by atoms with Crippen LogP contribution in [-0.2, 0) is 0 Å². The first-order valence-electron chi connectivity index (χ1n) is 6.02. The molecule has 1 amide bonds. The van der Waals surface area contributed by atoms with Crippen molar-refractivity contribution in [3.8, 4) is 5.75 Å². The summed E-state index contributed by atoms with van der Waals surface area (Å²) in [5.74, 6) is 0.266. The number of carbonyl (C=O) groups is 1. The Hall–Kier alpha value is -2.04. The number of hydrogen-bond donors (Lipinski definition) is 1. The minimum absolute atomic E-state index is 0.338. The van der Waals surface area contributed by atoms with Gasteiger partial charge in [0.05, 0.1) is 18.3 Å². The highest BCUT2D eigenvalue weighted by Gasteiger charge is 2.05. The van der Waals surface area contributed by atoms with Gasteiger partial charge in [-0.2, -0.15) is 5.10 Å². The SMILES string of the molecule is COc1cccc(C(=O)N/N=C/c2ccc(Cl)cc2Cl)c1. The van der Waals surface area contributed by atoms with Gasteiger partial charge in [-0.25, -0.2) is 5.43 Å². The average molecular weight is 323 g/mol. The number of hydrazone groups is 1. The summed E-state index contributed by atoms with van der Waals surface area (Å²) in [6.07, 6.45) is 1.46. The minimum Gasteiger partial charge on any atom is -0.497 e. The molecule has 6 heteroatoms. The van der Waals surface area contributed by atoms with Crippen LogP contribution in [0.15, 0.2) is 47.6 Å². The van der Waals surface area contributed by atoms with E-state index in [9.17, 15) is 4.79 Å². The van der Waals surface area contributed by atoms with Crippen molar-refractivity contribution in [3.63, 3.8) is 0 Å². The van der Waals surface area contributed by atoms with Gasteiger partial charge >= 0.3 is 0 Å². The number of benzene rings is 2. The average Bonchev–Trinajstić information content (AvgIpc) is 2.49. The molecule has 0 heterocycles. The van der Waals surface area contributed by atoms with Crippen molar-refractivity contribution in [3.05, 3.63) is 63.6 Å². The Labute approximate surface area is 132 Å². The second-order valence-electron chi connectivity index (χ2n) is 4.10. The van der Waals surface area contributed by atoms with Gasteiger partial charge in [0.25, 0.3) is 5.91 Å². The molecule has 0 aliphatic rings. The van der Waals surface area contributed by atoms with Gasteiger partial charge in [0.1, 0.15) is 5.75 Å². The Bertz CT molecular complexity index is 687. The highest BCUT2D eigenvalue weighted by atomic mass is 35.5. The summed E-state index contributed by atoms with van der Waals surface area (Å²) in [4.78, 5) is 11.9. The van der Waals surface area contributed by atoms with Gasteiger partial charge in [0.2, 0.25) is 0 Å². The lowest BCUT2D eigenvalue weighted by molar-refractivity contribution is 0.0955. The molecular weight excluding hydrogens is 311 g/mol. The molecule has 2 aromatic carbocycles. The number of nitrogens with one attached hydrogen (secondary N) is 1. The molecule has 0 aliphatic carbocycles. The molecule has 0 unspecified atom stereocenters. The molecule has 0 spiro atoms. The van der Waals surface area contributed by atoms with E-state index in [0.29, 0.717) is 26.9 Å². The van der Waals surface area contributed by atoms with Crippen LogP contribution in [0, 0.1) is 0 Å². The van der Waals surface area contributed by atoms with Gasteiger partial charge in [0, 0.05) is 16.1 Å². The second-order valence-corrected chi connectivity index (χ2v) is 4.94. The van der Waals surface area contributed by atoms with Crippen LogP contribution in [0.25, 0.3) is 0 Å². The molecule has 2 aromatic rings. The maximum atomic E-state index is 11.9. The third kappa shape index (κ3) is 4.21. The first-order chi connectivity index (χ1) is 10.1. The van der Waals surface area contributed by atoms with Crippen molar-refractivity contribution in [2.75, 3.05) is 7.11 Å². The molecule has 4 nitrogen and oxygen atoms in total. The highest BCUT2D eigenvalue weighted by Crippen LogP contribution is 2.19. The van der Waals surface area contributed by atoms with Gasteiger partial charge in [-0.05, 0) is 30.3 Å². The van der Waals surface area contributed by atoms with E-state index >= 15 is 0 Å². The number of nitrogens with zero attached hydrogens (tertiary/aromatic N) is 1. The van der Waals surface area contributed by atoms with Crippen LogP contribution in [0.4, 0.5) is 0 Å². The zero-order valence-corrected chi connectivity index (χ0v) is 12.7. The van der Waals surface area contributed by atoms with Crippen LogP contribution in [-0.4, -0.2) is 19.2 Å². The van der Waals surface area contributed by atoms with Crippen molar-refractivity contribution in [2.45, 2.75) is 0 Å². The van der Waals surface area contributed by atoms with E-state index in [1.165, 1.54) is 13.3 Å². The maximum Gasteiger partial charge on any atom is 0.271 e. The number of ether oxygens (including phenoxy) is 1. The second kappa shape index (κ2) is 7.11. The molecular formula is C15H12Cl2N2O2. The summed E-state index contributed by atoms with van der Waals surface area (Å²) in [5.41, 5.74) is 3.54. The van der Waals surface area contributed by atoms with E-state index in [1.54, 1.807) is 42.5 Å². The lowest BCUT2D eigenvalue weighted by atomic mass is 10.2. The monoisotopic (exact) mass is 322 g/mol. The summed E-state index contributed by atoms with van der Waals surface area (Å²) >= 11 is 11.8. The van der Waals surface area contributed by atoms with E-state index in [-0.39, 0.29) is 5.91 Å². The van der Waals surface area contributed by atoms with E-state index < -0.39 is 0 Å². The maximum absolute atomic E-state index is 11.9. The van der Waals surface area contributed by atoms with E-state index in [1.807, 2.05) is 0 Å². The lowest BCUT2D eigenvalue weighted by Gasteiger charge is -2.03. The molecule has 1 N–H and O–H groups in total. The van der Waals surface area contributed by atoms with Gasteiger partial charge in [-0.3, -0.25) is 4.79 Å². The molecule has 0 saturated carbocycles. The van der Waals surface area contributed by atoms with Crippen LogP contribution in [0.3, 0.4) is 0 Å². The van der Waals surface area contributed by atoms with Crippen LogP contribution >= 0.6 is 23.2 Å². The Balaban J connectivity index is 2.04. The topological polar surface area (TPSA) is 50.7 Å². The number of amides is 1. The molecule has 0 saturated heterocycles.